The number of amides is 1. The number of halogens is 2. The zero-order valence-corrected chi connectivity index (χ0v) is 22.0. The molecule has 3 aromatic carbocycles. The van der Waals surface area contributed by atoms with Gasteiger partial charge in [0.25, 0.3) is 10.0 Å². The van der Waals surface area contributed by atoms with Crippen LogP contribution in [0.15, 0.2) is 65.6 Å². The molecule has 4 aromatic rings. The van der Waals surface area contributed by atoms with E-state index in [4.69, 9.17) is 33.7 Å². The van der Waals surface area contributed by atoms with Gasteiger partial charge in [0, 0.05) is 13.1 Å². The molecule has 0 aliphatic heterocycles. The lowest BCUT2D eigenvalue weighted by Gasteiger charge is -2.20. The summed E-state index contributed by atoms with van der Waals surface area (Å²) in [6, 6.07) is 16.1. The van der Waals surface area contributed by atoms with E-state index in [0.717, 1.165) is 0 Å². The average Bonchev–Trinajstić information content (AvgIpc) is 2.85. The number of nitrogens with zero attached hydrogens (tertiary/aromatic N) is 3. The van der Waals surface area contributed by atoms with Gasteiger partial charge in [0.2, 0.25) is 5.91 Å². The van der Waals surface area contributed by atoms with E-state index in [0.29, 0.717) is 33.2 Å². The van der Waals surface area contributed by atoms with Gasteiger partial charge in [0.15, 0.2) is 11.6 Å². The van der Waals surface area contributed by atoms with Crippen molar-refractivity contribution in [3.63, 3.8) is 0 Å². The molecule has 10 nitrogen and oxygen atoms in total. The third kappa shape index (κ3) is 5.96. The molecule has 1 aromatic heterocycles. The lowest BCUT2D eigenvalue weighted by atomic mass is 10.3. The largest absolute Gasteiger partial charge is 0.497 e. The molecule has 0 radical (unpaired) electrons. The number of nitrogens with one attached hydrogen (secondary N) is 2. The number of likely N-dealkylation sites (N-methyl/N-ethyl adjacent to an activating group) is 1. The van der Waals surface area contributed by atoms with Crippen molar-refractivity contribution < 1.29 is 17.9 Å². The second-order valence-electron chi connectivity index (χ2n) is 7.92. The summed E-state index contributed by atoms with van der Waals surface area (Å²) < 4.78 is 34.6. The molecule has 4 rings (SSSR count). The van der Waals surface area contributed by atoms with Crippen LogP contribution in [0.3, 0.4) is 0 Å². The Morgan fingerprint density at radius 1 is 1.00 bits per heavy atom. The lowest BCUT2D eigenvalue weighted by molar-refractivity contribution is -0.116. The Kier molecular flexibility index (Phi) is 7.58. The van der Waals surface area contributed by atoms with Crippen molar-refractivity contribution >= 4 is 73.2 Å². The molecule has 0 aliphatic rings. The minimum absolute atomic E-state index is 0.0559. The molecule has 0 spiro atoms. The number of primary amides is 1. The van der Waals surface area contributed by atoms with Crippen molar-refractivity contribution in [1.29, 1.82) is 0 Å². The van der Waals surface area contributed by atoms with Gasteiger partial charge in [-0.25, -0.2) is 18.4 Å². The number of hydrogen-bond acceptors (Lipinski definition) is 8. The van der Waals surface area contributed by atoms with Gasteiger partial charge >= 0.3 is 0 Å². The highest BCUT2D eigenvalue weighted by atomic mass is 35.5. The second kappa shape index (κ2) is 10.7. The number of nitrogens with two attached hydrogens (primary N) is 1. The highest BCUT2D eigenvalue weighted by Gasteiger charge is 2.22. The van der Waals surface area contributed by atoms with Crippen LogP contribution >= 0.6 is 23.2 Å². The summed E-state index contributed by atoms with van der Waals surface area (Å²) >= 11 is 12.6. The number of rotatable bonds is 9. The summed E-state index contributed by atoms with van der Waals surface area (Å²) in [4.78, 5) is 21.7. The number of methoxy groups -OCH3 is 1. The number of benzene rings is 3. The molecule has 37 heavy (non-hydrogen) atoms. The van der Waals surface area contributed by atoms with Crippen LogP contribution in [0.4, 0.5) is 23.0 Å². The second-order valence-corrected chi connectivity index (χ2v) is 10.4. The lowest BCUT2D eigenvalue weighted by Crippen LogP contribution is -2.30. The van der Waals surface area contributed by atoms with E-state index in [1.54, 1.807) is 49.5 Å². The van der Waals surface area contributed by atoms with E-state index >= 15 is 0 Å². The van der Waals surface area contributed by atoms with Gasteiger partial charge in [-0.3, -0.25) is 9.52 Å². The molecular weight excluding hydrogens is 539 g/mol. The monoisotopic (exact) mass is 560 g/mol. The molecule has 192 valence electrons. The molecule has 0 fully saturated rings. The standard InChI is InChI=1S/C24H22Cl2N6O4S/c1-32(13-22(27)33)21-12-15(8-10-17(21)26)37(34,35)31-24-23(28-18-5-3-4-6-19(18)29-24)30-20-11-14(36-2)7-9-16(20)25/h3-12H,13H2,1-2H3,(H2,27,33)(H,28,30)(H,29,31). The van der Waals surface area contributed by atoms with Crippen LogP contribution in [0.2, 0.25) is 10.0 Å². The first kappa shape index (κ1) is 26.3. The van der Waals surface area contributed by atoms with Gasteiger partial charge in [-0.1, -0.05) is 35.3 Å². The van der Waals surface area contributed by atoms with Crippen LogP contribution in [0, 0.1) is 0 Å². The highest BCUT2D eigenvalue weighted by molar-refractivity contribution is 7.92. The molecule has 1 amide bonds. The number of hydrogen-bond donors (Lipinski definition) is 3. The molecule has 13 heteroatoms. The summed E-state index contributed by atoms with van der Waals surface area (Å²) in [5, 5.41) is 3.67. The van der Waals surface area contributed by atoms with Crippen molar-refractivity contribution in [2.45, 2.75) is 4.90 Å². The summed E-state index contributed by atoms with van der Waals surface area (Å²) in [7, 11) is -1.08. The summed E-state index contributed by atoms with van der Waals surface area (Å²) in [6.07, 6.45) is 0. The Balaban J connectivity index is 1.76. The first-order valence-corrected chi connectivity index (χ1v) is 13.0. The Hall–Kier alpha value is -3.80. The third-order valence-corrected chi connectivity index (χ3v) is 7.25. The van der Waals surface area contributed by atoms with E-state index in [2.05, 4.69) is 20.0 Å². The fraction of sp³-hybridized carbons (Fsp3) is 0.125. The van der Waals surface area contributed by atoms with Crippen molar-refractivity contribution in [3.8, 4) is 5.75 Å². The van der Waals surface area contributed by atoms with Gasteiger partial charge in [-0.15, -0.1) is 0 Å². The molecule has 0 atom stereocenters. The number of sulfonamides is 1. The van der Waals surface area contributed by atoms with E-state index in [-0.39, 0.29) is 28.1 Å². The van der Waals surface area contributed by atoms with Crippen LogP contribution in [0.1, 0.15) is 0 Å². The first-order valence-electron chi connectivity index (χ1n) is 10.8. The third-order valence-electron chi connectivity index (χ3n) is 5.26. The smallest absolute Gasteiger partial charge is 0.263 e. The Labute approximate surface area is 223 Å². The van der Waals surface area contributed by atoms with E-state index in [1.165, 1.54) is 30.2 Å². The summed E-state index contributed by atoms with van der Waals surface area (Å²) in [5.74, 6) is 0.0110. The number of para-hydroxylation sites is 2. The van der Waals surface area contributed by atoms with Crippen molar-refractivity contribution in [2.24, 2.45) is 5.73 Å². The van der Waals surface area contributed by atoms with E-state index < -0.39 is 15.9 Å². The summed E-state index contributed by atoms with van der Waals surface area (Å²) in [6.45, 7) is -0.151. The molecule has 0 aliphatic carbocycles. The summed E-state index contributed by atoms with van der Waals surface area (Å²) in [5.41, 5.74) is 7.03. The number of carbonyl (C=O) groups is 1. The van der Waals surface area contributed by atoms with E-state index in [9.17, 15) is 13.2 Å². The maximum absolute atomic E-state index is 13.4. The topological polar surface area (TPSA) is 140 Å². The van der Waals surface area contributed by atoms with E-state index in [1.807, 2.05) is 0 Å². The van der Waals surface area contributed by atoms with Crippen molar-refractivity contribution in [3.05, 3.63) is 70.7 Å². The molecular formula is C24H22Cl2N6O4S. The van der Waals surface area contributed by atoms with Crippen LogP contribution in [-0.4, -0.2) is 45.0 Å². The van der Waals surface area contributed by atoms with Gasteiger partial charge in [0.1, 0.15) is 5.75 Å². The number of aromatic nitrogens is 2. The average molecular weight is 561 g/mol. The van der Waals surface area contributed by atoms with Gasteiger partial charge < -0.3 is 20.7 Å². The normalized spacial score (nSPS) is 11.2. The highest BCUT2D eigenvalue weighted by Crippen LogP contribution is 2.34. The van der Waals surface area contributed by atoms with Crippen molar-refractivity contribution in [1.82, 2.24) is 9.97 Å². The zero-order chi connectivity index (χ0) is 26.7. The maximum atomic E-state index is 13.4. The number of anilines is 4. The van der Waals surface area contributed by atoms with Crippen LogP contribution in [0.5, 0.6) is 5.75 Å². The van der Waals surface area contributed by atoms with Crippen molar-refractivity contribution in [2.75, 3.05) is 35.6 Å². The van der Waals surface area contributed by atoms with Gasteiger partial charge in [0.05, 0.1) is 51.0 Å². The van der Waals surface area contributed by atoms with Crippen LogP contribution in [-0.2, 0) is 14.8 Å². The van der Waals surface area contributed by atoms with Gasteiger partial charge in [-0.05, 0) is 42.5 Å². The predicted octanol–water partition coefficient (Wildman–Crippen LogP) is 4.41. The zero-order valence-electron chi connectivity index (χ0n) is 19.7. The molecule has 1 heterocycles. The number of ether oxygens (including phenoxy) is 1. The Morgan fingerprint density at radius 2 is 1.65 bits per heavy atom. The maximum Gasteiger partial charge on any atom is 0.263 e. The Bertz CT molecular complexity index is 1600. The first-order chi connectivity index (χ1) is 17.6. The number of carbonyl (C=O) groups excluding carboxylic acids is 1. The fourth-order valence-electron chi connectivity index (χ4n) is 3.47. The van der Waals surface area contributed by atoms with Crippen LogP contribution in [0.25, 0.3) is 11.0 Å². The predicted molar refractivity (Wildman–Crippen MR) is 146 cm³/mol. The fourth-order valence-corrected chi connectivity index (χ4v) is 4.93. The Morgan fingerprint density at radius 3 is 2.30 bits per heavy atom. The molecule has 4 N–H and O–H groups in total. The molecule has 0 saturated carbocycles. The molecule has 0 bridgehead atoms. The minimum Gasteiger partial charge on any atom is -0.497 e. The minimum atomic E-state index is -4.17. The molecule has 0 saturated heterocycles. The van der Waals surface area contributed by atoms with Crippen LogP contribution < -0.4 is 25.4 Å². The SMILES string of the molecule is COc1ccc(Cl)c(Nc2nc3ccccc3nc2NS(=O)(=O)c2ccc(Cl)c(N(C)CC(N)=O)c2)c1. The van der Waals surface area contributed by atoms with Gasteiger partial charge in [-0.2, -0.15) is 0 Å². The quantitative estimate of drug-likeness (QED) is 0.273. The molecule has 0 unspecified atom stereocenters. The number of fused-ring (bicyclic) bond motifs is 1.